The molecular weight excluding hydrogens is 254 g/mol. The van der Waals surface area contributed by atoms with E-state index in [0.717, 1.165) is 25.7 Å². The van der Waals surface area contributed by atoms with Crippen LogP contribution < -0.4 is 5.32 Å². The number of aryl methyl sites for hydroxylation is 2. The zero-order valence-electron chi connectivity index (χ0n) is 9.81. The zero-order chi connectivity index (χ0) is 13.1. The van der Waals surface area contributed by atoms with Crippen LogP contribution in [0, 0.1) is 0 Å². The summed E-state index contributed by atoms with van der Waals surface area (Å²) in [6.07, 6.45) is 4.26. The molecule has 1 aliphatic carbocycles. The van der Waals surface area contributed by atoms with E-state index in [9.17, 15) is 9.59 Å². The zero-order valence-corrected chi connectivity index (χ0v) is 10.6. The fourth-order valence-electron chi connectivity index (χ4n) is 2.02. The molecule has 0 fully saturated rings. The maximum Gasteiger partial charge on any atom is 0.328 e. The Labute approximate surface area is 108 Å². The van der Waals surface area contributed by atoms with E-state index in [4.69, 9.17) is 10.2 Å². The van der Waals surface area contributed by atoms with Crippen molar-refractivity contribution >= 4 is 23.2 Å². The van der Waals surface area contributed by atoms with Gasteiger partial charge in [-0.1, -0.05) is 0 Å². The third-order valence-electron chi connectivity index (χ3n) is 3.01. The van der Waals surface area contributed by atoms with Crippen LogP contribution in [-0.4, -0.2) is 34.7 Å². The van der Waals surface area contributed by atoms with Crippen LogP contribution >= 0.6 is 11.3 Å². The molecule has 6 heteroatoms. The standard InChI is InChI=1S/C12H15NO4S/c14-6-8(12(16)17)13-11(15)10-5-7-3-1-2-4-9(7)18-10/h5,8,14H,1-4,6H2,(H,13,15)(H,16,17)/t8-/m0/s1. The van der Waals surface area contributed by atoms with E-state index in [1.165, 1.54) is 21.8 Å². The normalized spacial score (nSPS) is 15.8. The maximum absolute atomic E-state index is 11.9. The predicted molar refractivity (Wildman–Crippen MR) is 66.9 cm³/mol. The molecule has 0 unspecified atom stereocenters. The van der Waals surface area contributed by atoms with Crippen molar-refractivity contribution in [1.82, 2.24) is 5.32 Å². The first kappa shape index (κ1) is 13.0. The van der Waals surface area contributed by atoms with E-state index in [-0.39, 0.29) is 0 Å². The van der Waals surface area contributed by atoms with Crippen molar-refractivity contribution < 1.29 is 19.8 Å². The highest BCUT2D eigenvalue weighted by Gasteiger charge is 2.22. The molecule has 1 heterocycles. The summed E-state index contributed by atoms with van der Waals surface area (Å²) in [6.45, 7) is -0.605. The second-order valence-electron chi connectivity index (χ2n) is 4.31. The number of rotatable bonds is 4. The lowest BCUT2D eigenvalue weighted by atomic mass is 9.99. The number of carbonyl (C=O) groups excluding carboxylic acids is 1. The minimum Gasteiger partial charge on any atom is -0.480 e. The number of hydrogen-bond donors (Lipinski definition) is 3. The van der Waals surface area contributed by atoms with Crippen molar-refractivity contribution in [2.75, 3.05) is 6.61 Å². The summed E-state index contributed by atoms with van der Waals surface area (Å²) >= 11 is 1.42. The molecule has 1 aromatic rings. The summed E-state index contributed by atoms with van der Waals surface area (Å²) < 4.78 is 0. The number of thiophene rings is 1. The minimum absolute atomic E-state index is 0.421. The fourth-order valence-corrected chi connectivity index (χ4v) is 3.17. The van der Waals surface area contributed by atoms with Gasteiger partial charge in [0, 0.05) is 4.88 Å². The molecular formula is C12H15NO4S. The predicted octanol–water partition coefficient (Wildman–Crippen LogP) is 0.802. The molecule has 2 rings (SSSR count). The van der Waals surface area contributed by atoms with Gasteiger partial charge in [0.25, 0.3) is 5.91 Å². The van der Waals surface area contributed by atoms with Gasteiger partial charge in [0.2, 0.25) is 0 Å². The van der Waals surface area contributed by atoms with Crippen LogP contribution in [0.4, 0.5) is 0 Å². The maximum atomic E-state index is 11.9. The van der Waals surface area contributed by atoms with E-state index >= 15 is 0 Å². The molecule has 0 aromatic carbocycles. The molecule has 0 spiro atoms. The van der Waals surface area contributed by atoms with Crippen LogP contribution in [0.25, 0.3) is 0 Å². The van der Waals surface area contributed by atoms with E-state index in [0.29, 0.717) is 4.88 Å². The molecule has 1 atom stereocenters. The number of nitrogens with one attached hydrogen (secondary N) is 1. The van der Waals surface area contributed by atoms with Gasteiger partial charge in [-0.25, -0.2) is 4.79 Å². The number of aliphatic hydroxyl groups excluding tert-OH is 1. The van der Waals surface area contributed by atoms with Gasteiger partial charge in [0.1, 0.15) is 0 Å². The van der Waals surface area contributed by atoms with E-state index in [1.807, 2.05) is 6.07 Å². The van der Waals surface area contributed by atoms with E-state index in [1.54, 1.807) is 0 Å². The van der Waals surface area contributed by atoms with Gasteiger partial charge in [0.15, 0.2) is 6.04 Å². The van der Waals surface area contributed by atoms with Crippen molar-refractivity contribution in [3.63, 3.8) is 0 Å². The Morgan fingerprint density at radius 2 is 2.11 bits per heavy atom. The minimum atomic E-state index is -1.24. The molecule has 5 nitrogen and oxygen atoms in total. The van der Waals surface area contributed by atoms with Crippen molar-refractivity contribution in [3.8, 4) is 0 Å². The lowest BCUT2D eigenvalue weighted by molar-refractivity contribution is -0.140. The summed E-state index contributed by atoms with van der Waals surface area (Å²) in [6, 6.07) is 0.599. The second-order valence-corrected chi connectivity index (χ2v) is 5.45. The summed E-state index contributed by atoms with van der Waals surface area (Å²) in [4.78, 5) is 24.3. The van der Waals surface area contributed by atoms with Crippen LogP contribution in [0.2, 0.25) is 0 Å². The van der Waals surface area contributed by atoms with Crippen molar-refractivity contribution in [2.45, 2.75) is 31.7 Å². The number of carbonyl (C=O) groups is 2. The van der Waals surface area contributed by atoms with E-state index < -0.39 is 24.5 Å². The Balaban J connectivity index is 2.09. The fraction of sp³-hybridized carbons (Fsp3) is 0.500. The second kappa shape index (κ2) is 5.49. The van der Waals surface area contributed by atoms with Crippen LogP contribution in [0.5, 0.6) is 0 Å². The number of fused-ring (bicyclic) bond motifs is 1. The Bertz CT molecular complexity index is 445. The van der Waals surface area contributed by atoms with Gasteiger partial charge in [-0.05, 0) is 37.3 Å². The van der Waals surface area contributed by atoms with Gasteiger partial charge < -0.3 is 15.5 Å². The molecule has 1 aromatic heterocycles. The molecule has 0 saturated carbocycles. The Morgan fingerprint density at radius 3 is 2.72 bits per heavy atom. The Kier molecular flexibility index (Phi) is 3.98. The smallest absolute Gasteiger partial charge is 0.328 e. The first-order valence-corrected chi connectivity index (χ1v) is 6.69. The lowest BCUT2D eigenvalue weighted by Crippen LogP contribution is -2.43. The summed E-state index contributed by atoms with van der Waals surface area (Å²) in [7, 11) is 0. The molecule has 0 radical (unpaired) electrons. The monoisotopic (exact) mass is 269 g/mol. The number of carboxylic acids is 1. The summed E-state index contributed by atoms with van der Waals surface area (Å²) in [5.74, 6) is -1.65. The van der Waals surface area contributed by atoms with Crippen molar-refractivity contribution in [1.29, 1.82) is 0 Å². The largest absolute Gasteiger partial charge is 0.480 e. The quantitative estimate of drug-likeness (QED) is 0.754. The highest BCUT2D eigenvalue weighted by atomic mass is 32.1. The molecule has 18 heavy (non-hydrogen) atoms. The molecule has 0 bridgehead atoms. The van der Waals surface area contributed by atoms with Gasteiger partial charge in [-0.3, -0.25) is 4.79 Å². The number of carboxylic acid groups (broad SMARTS) is 1. The molecule has 1 aliphatic rings. The number of amides is 1. The topological polar surface area (TPSA) is 86.6 Å². The third-order valence-corrected chi connectivity index (χ3v) is 4.24. The molecule has 0 saturated heterocycles. The third kappa shape index (κ3) is 2.70. The highest BCUT2D eigenvalue weighted by molar-refractivity contribution is 7.14. The van der Waals surface area contributed by atoms with Gasteiger partial charge >= 0.3 is 5.97 Å². The first-order chi connectivity index (χ1) is 8.61. The Morgan fingerprint density at radius 1 is 1.39 bits per heavy atom. The van der Waals surface area contributed by atoms with Crippen LogP contribution in [-0.2, 0) is 17.6 Å². The van der Waals surface area contributed by atoms with Gasteiger partial charge in [-0.15, -0.1) is 11.3 Å². The average Bonchev–Trinajstić information content (AvgIpc) is 2.79. The van der Waals surface area contributed by atoms with Crippen LogP contribution in [0.3, 0.4) is 0 Å². The molecule has 0 aliphatic heterocycles. The van der Waals surface area contributed by atoms with Crippen molar-refractivity contribution in [3.05, 3.63) is 21.4 Å². The molecule has 1 amide bonds. The summed E-state index contributed by atoms with van der Waals surface area (Å²) in [5.41, 5.74) is 1.20. The Hall–Kier alpha value is -1.40. The first-order valence-electron chi connectivity index (χ1n) is 5.88. The molecule has 98 valence electrons. The number of aliphatic hydroxyl groups is 1. The van der Waals surface area contributed by atoms with E-state index in [2.05, 4.69) is 5.32 Å². The number of aliphatic carboxylic acids is 1. The SMILES string of the molecule is O=C(N[C@@H](CO)C(=O)O)c1cc2c(s1)CCCC2. The number of hydrogen-bond acceptors (Lipinski definition) is 4. The van der Waals surface area contributed by atoms with Crippen LogP contribution in [0.15, 0.2) is 6.07 Å². The summed E-state index contributed by atoms with van der Waals surface area (Å²) in [5, 5.41) is 19.9. The lowest BCUT2D eigenvalue weighted by Gasteiger charge is -2.10. The van der Waals surface area contributed by atoms with Crippen molar-refractivity contribution in [2.24, 2.45) is 0 Å². The van der Waals surface area contributed by atoms with Gasteiger partial charge in [0.05, 0.1) is 11.5 Å². The molecule has 3 N–H and O–H groups in total. The van der Waals surface area contributed by atoms with Crippen LogP contribution in [0.1, 0.15) is 33.0 Å². The highest BCUT2D eigenvalue weighted by Crippen LogP contribution is 2.29. The average molecular weight is 269 g/mol. The van der Waals surface area contributed by atoms with Gasteiger partial charge in [-0.2, -0.15) is 0 Å².